The number of imidazole rings is 1. The molecule has 0 unspecified atom stereocenters. The van der Waals surface area contributed by atoms with Gasteiger partial charge in [-0.1, -0.05) is 26.0 Å². The maximum absolute atomic E-state index is 5.81. The molecule has 0 bridgehead atoms. The van der Waals surface area contributed by atoms with E-state index in [1.54, 1.807) is 6.33 Å². The first-order valence-electron chi connectivity index (χ1n) is 7.03. The third-order valence-electron chi connectivity index (χ3n) is 3.08. The maximum Gasteiger partial charge on any atom is 0.130 e. The van der Waals surface area contributed by atoms with Crippen LogP contribution in [0.3, 0.4) is 0 Å². The number of ether oxygens (including phenoxy) is 1. The molecule has 1 N–H and O–H groups in total. The molecule has 0 fully saturated rings. The van der Waals surface area contributed by atoms with E-state index < -0.39 is 0 Å². The Labute approximate surface area is 120 Å². The highest BCUT2D eigenvalue weighted by molar-refractivity contribution is 5.28. The molecule has 0 saturated heterocycles. The summed E-state index contributed by atoms with van der Waals surface area (Å²) in [7, 11) is 1.97. The molecular formula is C16H23N3O. The first-order valence-corrected chi connectivity index (χ1v) is 7.03. The van der Waals surface area contributed by atoms with Crippen molar-refractivity contribution in [2.75, 3.05) is 6.54 Å². The van der Waals surface area contributed by atoms with Crippen LogP contribution in [0.2, 0.25) is 0 Å². The van der Waals surface area contributed by atoms with Crippen LogP contribution in [0, 0.1) is 5.92 Å². The number of nitrogens with zero attached hydrogens (tertiary/aromatic N) is 2. The van der Waals surface area contributed by atoms with Crippen molar-refractivity contribution in [2.45, 2.75) is 27.0 Å². The summed E-state index contributed by atoms with van der Waals surface area (Å²) in [5.74, 6) is 1.56. The Morgan fingerprint density at radius 2 is 2.20 bits per heavy atom. The van der Waals surface area contributed by atoms with E-state index in [4.69, 9.17) is 4.74 Å². The molecule has 1 aromatic heterocycles. The minimum Gasteiger partial charge on any atom is -0.487 e. The van der Waals surface area contributed by atoms with Gasteiger partial charge in [-0.2, -0.15) is 0 Å². The van der Waals surface area contributed by atoms with Crippen molar-refractivity contribution in [3.63, 3.8) is 0 Å². The summed E-state index contributed by atoms with van der Waals surface area (Å²) >= 11 is 0. The molecule has 0 spiro atoms. The van der Waals surface area contributed by atoms with Crippen LogP contribution in [-0.2, 0) is 20.2 Å². The van der Waals surface area contributed by atoms with Crippen LogP contribution in [0.15, 0.2) is 36.8 Å². The fourth-order valence-electron chi connectivity index (χ4n) is 1.93. The molecule has 0 atom stereocenters. The van der Waals surface area contributed by atoms with E-state index in [1.165, 1.54) is 5.56 Å². The van der Waals surface area contributed by atoms with Crippen molar-refractivity contribution in [3.8, 4) is 5.75 Å². The smallest absolute Gasteiger partial charge is 0.130 e. The van der Waals surface area contributed by atoms with Gasteiger partial charge >= 0.3 is 0 Å². The zero-order valence-corrected chi connectivity index (χ0v) is 12.5. The summed E-state index contributed by atoms with van der Waals surface area (Å²) in [5, 5.41) is 3.44. The molecule has 20 heavy (non-hydrogen) atoms. The van der Waals surface area contributed by atoms with Crippen LogP contribution in [0.25, 0.3) is 0 Å². The van der Waals surface area contributed by atoms with Crippen LogP contribution in [0.5, 0.6) is 5.75 Å². The van der Waals surface area contributed by atoms with Crippen molar-refractivity contribution in [1.82, 2.24) is 14.9 Å². The predicted octanol–water partition coefficient (Wildman–Crippen LogP) is 2.74. The molecule has 1 heterocycles. The summed E-state index contributed by atoms with van der Waals surface area (Å²) in [6, 6.07) is 8.22. The fraction of sp³-hybridized carbons (Fsp3) is 0.438. The van der Waals surface area contributed by atoms with E-state index in [0.717, 1.165) is 24.5 Å². The van der Waals surface area contributed by atoms with Gasteiger partial charge in [0.05, 0.1) is 18.2 Å². The minimum absolute atomic E-state index is 0.541. The van der Waals surface area contributed by atoms with Gasteiger partial charge in [0.2, 0.25) is 0 Å². The summed E-state index contributed by atoms with van der Waals surface area (Å²) in [5.41, 5.74) is 2.31. The fourth-order valence-corrected chi connectivity index (χ4v) is 1.93. The number of benzene rings is 1. The Hall–Kier alpha value is -1.81. The standard InChI is InChI=1S/C16H23N3O/c1-13(2)8-17-9-14-5-4-6-16(7-14)20-11-15-10-18-12-19(15)3/h4-7,10,12-13,17H,8-9,11H2,1-3H3. The molecule has 0 aliphatic heterocycles. The molecule has 0 aliphatic carbocycles. The zero-order valence-electron chi connectivity index (χ0n) is 12.5. The second kappa shape index (κ2) is 7.10. The second-order valence-electron chi connectivity index (χ2n) is 5.46. The lowest BCUT2D eigenvalue weighted by Crippen LogP contribution is -2.18. The Morgan fingerprint density at radius 1 is 1.35 bits per heavy atom. The first kappa shape index (κ1) is 14.6. The lowest BCUT2D eigenvalue weighted by molar-refractivity contribution is 0.296. The van der Waals surface area contributed by atoms with Gasteiger partial charge in [-0.15, -0.1) is 0 Å². The third-order valence-corrected chi connectivity index (χ3v) is 3.08. The van der Waals surface area contributed by atoms with Crippen LogP contribution in [-0.4, -0.2) is 16.1 Å². The number of nitrogens with one attached hydrogen (secondary N) is 1. The SMILES string of the molecule is CC(C)CNCc1cccc(OCc2cncn2C)c1. The summed E-state index contributed by atoms with van der Waals surface area (Å²) in [4.78, 5) is 4.08. The minimum atomic E-state index is 0.541. The lowest BCUT2D eigenvalue weighted by atomic mass is 10.2. The van der Waals surface area contributed by atoms with Gasteiger partial charge in [0.25, 0.3) is 0 Å². The van der Waals surface area contributed by atoms with Crippen molar-refractivity contribution in [2.24, 2.45) is 13.0 Å². The van der Waals surface area contributed by atoms with E-state index in [-0.39, 0.29) is 0 Å². The van der Waals surface area contributed by atoms with Crippen molar-refractivity contribution in [3.05, 3.63) is 48.0 Å². The summed E-state index contributed by atoms with van der Waals surface area (Å²) in [6.07, 6.45) is 3.61. The highest BCUT2D eigenvalue weighted by atomic mass is 16.5. The van der Waals surface area contributed by atoms with Gasteiger partial charge in [0.15, 0.2) is 0 Å². The Bertz CT molecular complexity index is 534. The normalized spacial score (nSPS) is 11.0. The van der Waals surface area contributed by atoms with E-state index in [9.17, 15) is 0 Å². The molecule has 4 nitrogen and oxygen atoms in total. The zero-order chi connectivity index (χ0) is 14.4. The van der Waals surface area contributed by atoms with Gasteiger partial charge in [0, 0.05) is 13.6 Å². The topological polar surface area (TPSA) is 39.1 Å². The Morgan fingerprint density at radius 3 is 2.90 bits per heavy atom. The van der Waals surface area contributed by atoms with Crippen molar-refractivity contribution >= 4 is 0 Å². The molecular weight excluding hydrogens is 250 g/mol. The van der Waals surface area contributed by atoms with Gasteiger partial charge in [-0.3, -0.25) is 0 Å². The largest absolute Gasteiger partial charge is 0.487 e. The van der Waals surface area contributed by atoms with E-state index in [1.807, 2.05) is 29.9 Å². The molecule has 0 aliphatic rings. The van der Waals surface area contributed by atoms with E-state index in [2.05, 4.69) is 36.3 Å². The summed E-state index contributed by atoms with van der Waals surface area (Å²) in [6.45, 7) is 6.86. The van der Waals surface area contributed by atoms with Gasteiger partial charge in [-0.25, -0.2) is 4.98 Å². The molecule has 0 saturated carbocycles. The van der Waals surface area contributed by atoms with Crippen LogP contribution in [0.4, 0.5) is 0 Å². The molecule has 0 radical (unpaired) electrons. The number of hydrogen-bond donors (Lipinski definition) is 1. The number of aromatic nitrogens is 2. The molecule has 0 amide bonds. The van der Waals surface area contributed by atoms with Crippen molar-refractivity contribution < 1.29 is 4.74 Å². The number of hydrogen-bond acceptors (Lipinski definition) is 3. The number of aryl methyl sites for hydroxylation is 1. The van der Waals surface area contributed by atoms with Crippen molar-refractivity contribution in [1.29, 1.82) is 0 Å². The molecule has 108 valence electrons. The third kappa shape index (κ3) is 4.38. The second-order valence-corrected chi connectivity index (χ2v) is 5.46. The van der Waals surface area contributed by atoms with E-state index in [0.29, 0.717) is 12.5 Å². The Kier molecular flexibility index (Phi) is 5.18. The average molecular weight is 273 g/mol. The maximum atomic E-state index is 5.81. The quantitative estimate of drug-likeness (QED) is 0.843. The monoisotopic (exact) mass is 273 g/mol. The molecule has 1 aromatic carbocycles. The molecule has 2 aromatic rings. The number of rotatable bonds is 7. The lowest BCUT2D eigenvalue weighted by Gasteiger charge is -2.10. The molecule has 4 heteroatoms. The predicted molar refractivity (Wildman–Crippen MR) is 80.5 cm³/mol. The first-order chi connectivity index (χ1) is 9.65. The highest BCUT2D eigenvalue weighted by Crippen LogP contribution is 2.15. The van der Waals surface area contributed by atoms with E-state index >= 15 is 0 Å². The highest BCUT2D eigenvalue weighted by Gasteiger charge is 2.01. The Balaban J connectivity index is 1.87. The van der Waals surface area contributed by atoms with Gasteiger partial charge in [0.1, 0.15) is 12.4 Å². The van der Waals surface area contributed by atoms with Gasteiger partial charge < -0.3 is 14.6 Å². The van der Waals surface area contributed by atoms with Crippen LogP contribution >= 0.6 is 0 Å². The van der Waals surface area contributed by atoms with Crippen LogP contribution < -0.4 is 10.1 Å². The van der Waals surface area contributed by atoms with Gasteiger partial charge in [-0.05, 0) is 30.2 Å². The summed E-state index contributed by atoms with van der Waals surface area (Å²) < 4.78 is 7.78. The average Bonchev–Trinajstić information content (AvgIpc) is 2.82. The molecule has 2 rings (SSSR count). The van der Waals surface area contributed by atoms with Crippen LogP contribution in [0.1, 0.15) is 25.1 Å².